The third kappa shape index (κ3) is 10.1. The molecular weight excluding hydrogens is 1430 g/mol. The summed E-state index contributed by atoms with van der Waals surface area (Å²) in [7, 11) is 0. The SMILES string of the molecule is c1ccc(-n2c3ccccc3c3c4c5cc(-c6ccc7c(c6)c6ccccc6n7-c6ccc7ccccc7c6)ccc5n(-c5ccc6ccccc6c5)c4ccc32)cc1.c1ccc(-n2c3ccccc3c3cc4c(cc32)c2cc(-c3ccc5c(c3)c3ccccc3n5-c3ccc5ccccc5c3)ccc2n4-c2ccc3ccccc3c2)cc1. The quantitative estimate of drug-likeness (QED) is 0.145. The summed E-state index contributed by atoms with van der Waals surface area (Å²) in [6, 6.07) is 156. The third-order valence-electron chi connectivity index (χ3n) is 25.1. The van der Waals surface area contributed by atoms with Gasteiger partial charge < -0.3 is 27.4 Å². The predicted octanol–water partition coefficient (Wildman–Crippen LogP) is 29.9. The number of para-hydroxylation sites is 6. The molecule has 20 aromatic carbocycles. The molecule has 118 heavy (non-hydrogen) atoms. The average molecular weight is 1500 g/mol. The molecule has 0 amide bonds. The molecule has 0 N–H and O–H groups in total. The summed E-state index contributed by atoms with van der Waals surface area (Å²) in [6.45, 7) is 0. The Kier molecular flexibility index (Phi) is 14.4. The summed E-state index contributed by atoms with van der Waals surface area (Å²) >= 11 is 0. The van der Waals surface area contributed by atoms with Gasteiger partial charge in [-0.15, -0.1) is 0 Å². The van der Waals surface area contributed by atoms with Crippen molar-refractivity contribution < 1.29 is 0 Å². The van der Waals surface area contributed by atoms with Crippen LogP contribution in [-0.2, 0) is 0 Å². The van der Waals surface area contributed by atoms with Crippen molar-refractivity contribution in [3.8, 4) is 56.4 Å². The summed E-state index contributed by atoms with van der Waals surface area (Å²) in [5.74, 6) is 0. The minimum atomic E-state index is 1.16. The Balaban J connectivity index is 0.000000131. The summed E-state index contributed by atoms with van der Waals surface area (Å²) < 4.78 is 14.6. The van der Waals surface area contributed by atoms with Crippen LogP contribution in [0.1, 0.15) is 0 Å². The molecule has 6 nitrogen and oxygen atoms in total. The van der Waals surface area contributed by atoms with Crippen LogP contribution in [0.25, 0.3) is 230 Å². The molecule has 0 bridgehead atoms. The summed E-state index contributed by atoms with van der Waals surface area (Å²) in [4.78, 5) is 0. The number of aromatic nitrogens is 6. The van der Waals surface area contributed by atoms with Gasteiger partial charge in [-0.05, 0) is 235 Å². The molecule has 26 rings (SSSR count). The molecule has 26 aromatic rings. The molecule has 0 fully saturated rings. The van der Waals surface area contributed by atoms with E-state index in [4.69, 9.17) is 0 Å². The van der Waals surface area contributed by atoms with Crippen LogP contribution in [0.5, 0.6) is 0 Å². The van der Waals surface area contributed by atoms with Crippen LogP contribution in [0.15, 0.2) is 425 Å². The summed E-state index contributed by atoms with van der Waals surface area (Å²) in [5.41, 5.74) is 26.2. The zero-order chi connectivity index (χ0) is 77.2. The number of hydrogen-bond acceptors (Lipinski definition) is 0. The number of hydrogen-bond donors (Lipinski definition) is 0. The molecule has 0 aliphatic carbocycles. The lowest BCUT2D eigenvalue weighted by Gasteiger charge is -2.11. The van der Waals surface area contributed by atoms with Crippen LogP contribution in [0.4, 0.5) is 0 Å². The van der Waals surface area contributed by atoms with Crippen LogP contribution in [-0.4, -0.2) is 27.4 Å². The van der Waals surface area contributed by atoms with E-state index in [2.05, 4.69) is 452 Å². The first-order chi connectivity index (χ1) is 58.5. The second-order valence-electron chi connectivity index (χ2n) is 31.5. The minimum absolute atomic E-state index is 1.16. The predicted molar refractivity (Wildman–Crippen MR) is 500 cm³/mol. The molecule has 548 valence electrons. The number of nitrogens with zero attached hydrogens (tertiary/aromatic N) is 6. The maximum absolute atomic E-state index is 2.47. The smallest absolute Gasteiger partial charge is 0.0548 e. The molecule has 0 atom stereocenters. The summed E-state index contributed by atoms with van der Waals surface area (Å²) in [5, 5.41) is 24.9. The highest BCUT2D eigenvalue weighted by molar-refractivity contribution is 6.30. The van der Waals surface area contributed by atoms with E-state index in [1.807, 2.05) is 0 Å². The number of benzene rings is 20. The molecule has 0 spiro atoms. The Labute approximate surface area is 677 Å². The highest BCUT2D eigenvalue weighted by atomic mass is 15.0. The molecule has 0 aliphatic heterocycles. The molecule has 0 saturated carbocycles. The lowest BCUT2D eigenvalue weighted by atomic mass is 9.99. The second-order valence-corrected chi connectivity index (χ2v) is 31.5. The molecular formula is C112H70N6. The third-order valence-corrected chi connectivity index (χ3v) is 25.1. The van der Waals surface area contributed by atoms with E-state index in [1.54, 1.807) is 0 Å². The Morgan fingerprint density at radius 1 is 0.110 bits per heavy atom. The largest absolute Gasteiger partial charge is 0.309 e. The lowest BCUT2D eigenvalue weighted by molar-refractivity contribution is 1.17. The van der Waals surface area contributed by atoms with Crippen LogP contribution < -0.4 is 0 Å². The van der Waals surface area contributed by atoms with Gasteiger partial charge in [0.15, 0.2) is 0 Å². The maximum Gasteiger partial charge on any atom is 0.0548 e. The van der Waals surface area contributed by atoms with E-state index >= 15 is 0 Å². The molecule has 6 aromatic heterocycles. The van der Waals surface area contributed by atoms with Gasteiger partial charge in [0.25, 0.3) is 0 Å². The van der Waals surface area contributed by atoms with Gasteiger partial charge in [0.2, 0.25) is 0 Å². The Bertz CT molecular complexity index is 8570. The zero-order valence-corrected chi connectivity index (χ0v) is 64.1. The van der Waals surface area contributed by atoms with Gasteiger partial charge >= 0.3 is 0 Å². The lowest BCUT2D eigenvalue weighted by Crippen LogP contribution is -1.95. The molecule has 0 aliphatic rings. The minimum Gasteiger partial charge on any atom is -0.309 e. The van der Waals surface area contributed by atoms with Crippen molar-refractivity contribution in [2.45, 2.75) is 0 Å². The monoisotopic (exact) mass is 1500 g/mol. The van der Waals surface area contributed by atoms with E-state index in [0.717, 1.165) is 22.7 Å². The van der Waals surface area contributed by atoms with Gasteiger partial charge in [-0.2, -0.15) is 0 Å². The van der Waals surface area contributed by atoms with E-state index < -0.39 is 0 Å². The first-order valence-corrected chi connectivity index (χ1v) is 40.7. The van der Waals surface area contributed by atoms with Gasteiger partial charge in [-0.1, -0.05) is 255 Å². The van der Waals surface area contributed by atoms with Gasteiger partial charge in [0.1, 0.15) is 0 Å². The van der Waals surface area contributed by atoms with Crippen molar-refractivity contribution in [1.29, 1.82) is 0 Å². The highest BCUT2D eigenvalue weighted by Crippen LogP contribution is 2.47. The van der Waals surface area contributed by atoms with E-state index in [1.165, 1.54) is 208 Å². The number of rotatable bonds is 8. The molecule has 6 heteroatoms. The Morgan fingerprint density at radius 3 is 0.720 bits per heavy atom. The van der Waals surface area contributed by atoms with Crippen molar-refractivity contribution in [1.82, 2.24) is 27.4 Å². The molecule has 0 radical (unpaired) electrons. The van der Waals surface area contributed by atoms with E-state index in [-0.39, 0.29) is 0 Å². The molecule has 6 heterocycles. The van der Waals surface area contributed by atoms with Gasteiger partial charge in [-0.3, -0.25) is 0 Å². The van der Waals surface area contributed by atoms with Crippen molar-refractivity contribution in [3.05, 3.63) is 425 Å². The first-order valence-electron chi connectivity index (χ1n) is 40.7. The molecule has 0 saturated heterocycles. The molecule has 0 unspecified atom stereocenters. The Morgan fingerprint density at radius 2 is 0.339 bits per heavy atom. The van der Waals surface area contributed by atoms with Crippen LogP contribution in [0.2, 0.25) is 0 Å². The van der Waals surface area contributed by atoms with Crippen molar-refractivity contribution in [2.75, 3.05) is 0 Å². The van der Waals surface area contributed by atoms with Crippen LogP contribution in [0.3, 0.4) is 0 Å². The van der Waals surface area contributed by atoms with E-state index in [9.17, 15) is 0 Å². The van der Waals surface area contributed by atoms with Gasteiger partial charge in [-0.25, -0.2) is 0 Å². The standard InChI is InChI=1S/2C56H35N3/c1-2-16-42(17-3-1)57-51-20-10-9-19-46(51)49-34-56-50(35-55(49)57)48-33-41(25-29-54(48)59(56)44-27-23-37-13-5-7-15-39(37)31-44)40-24-28-53-47(32-40)45-18-8-11-21-52(45)58(53)43-26-22-36-12-4-6-14-38(36)30-43;1-2-16-42(17-3-1)57-50-21-11-9-19-46(50)55-53(57)30-31-54-56(55)48-35-41(25-29-52(48)59(54)44-27-23-37-13-5-7-15-39(37)33-44)40-24-28-51-47(34-40)45-18-8-10-20-49(45)58(51)43-26-22-36-12-4-6-14-38(36)32-43/h2*1-35H. The van der Waals surface area contributed by atoms with Gasteiger partial charge in [0.05, 0.1) is 66.2 Å². The fourth-order valence-corrected chi connectivity index (χ4v) is 19.8. The first kappa shape index (κ1) is 65.8. The normalized spacial score (nSPS) is 12.1. The highest BCUT2D eigenvalue weighted by Gasteiger charge is 2.25. The summed E-state index contributed by atoms with van der Waals surface area (Å²) in [6.07, 6.45) is 0. The van der Waals surface area contributed by atoms with Crippen LogP contribution in [0, 0.1) is 0 Å². The maximum atomic E-state index is 2.47. The van der Waals surface area contributed by atoms with Crippen molar-refractivity contribution in [2.24, 2.45) is 0 Å². The average Bonchev–Trinajstić information content (AvgIpc) is 1.55. The van der Waals surface area contributed by atoms with Crippen molar-refractivity contribution in [3.63, 3.8) is 0 Å². The van der Waals surface area contributed by atoms with Crippen LogP contribution >= 0.6 is 0 Å². The Hall–Kier alpha value is -15.8. The fourth-order valence-electron chi connectivity index (χ4n) is 19.8. The topological polar surface area (TPSA) is 29.6 Å². The zero-order valence-electron chi connectivity index (χ0n) is 64.1. The fraction of sp³-hybridized carbons (Fsp3) is 0. The van der Waals surface area contributed by atoms with Gasteiger partial charge in [0, 0.05) is 98.8 Å². The van der Waals surface area contributed by atoms with E-state index in [0.29, 0.717) is 0 Å². The van der Waals surface area contributed by atoms with Crippen molar-refractivity contribution >= 4 is 174 Å². The second kappa shape index (κ2) is 25.9. The number of fused-ring (bicyclic) bond motifs is 23.